The molecule has 0 spiro atoms. The van der Waals surface area contributed by atoms with E-state index in [-0.39, 0.29) is 17.1 Å². The van der Waals surface area contributed by atoms with Crippen LogP contribution in [0.25, 0.3) is 0 Å². The number of rotatable bonds is 0. The van der Waals surface area contributed by atoms with E-state index in [1.165, 1.54) is 22.3 Å². The second-order valence-electron chi connectivity index (χ2n) is 3.79. The zero-order valence-corrected chi connectivity index (χ0v) is 10.9. The second kappa shape index (κ2) is 6.66. The van der Waals surface area contributed by atoms with E-state index in [0.717, 1.165) is 0 Å². The third-order valence-electron chi connectivity index (χ3n) is 2.60. The van der Waals surface area contributed by atoms with Crippen molar-refractivity contribution >= 4 is 0 Å². The Morgan fingerprint density at radius 2 is 1.20 bits per heavy atom. The van der Waals surface area contributed by atoms with Crippen LogP contribution in [0.3, 0.4) is 0 Å². The molecule has 0 saturated heterocycles. The maximum Gasteiger partial charge on any atom is 0 e. The van der Waals surface area contributed by atoms with Gasteiger partial charge in [0.1, 0.15) is 0 Å². The van der Waals surface area contributed by atoms with E-state index < -0.39 is 0 Å². The van der Waals surface area contributed by atoms with Crippen LogP contribution in [-0.2, 0) is 17.1 Å². The molecular weight excluding hydrogens is 224 g/mol. The summed E-state index contributed by atoms with van der Waals surface area (Å²) in [6, 6.07) is 12.6. The van der Waals surface area contributed by atoms with Gasteiger partial charge in [-0.2, -0.15) is 17.7 Å². The minimum atomic E-state index is 0. The van der Waals surface area contributed by atoms with Crippen molar-refractivity contribution in [3.05, 3.63) is 58.7 Å². The van der Waals surface area contributed by atoms with Gasteiger partial charge in [-0.05, 0) is 0 Å². The zero-order valence-electron chi connectivity index (χ0n) is 9.82. The van der Waals surface area contributed by atoms with Gasteiger partial charge in [0.15, 0.2) is 0 Å². The molecule has 15 heavy (non-hydrogen) atoms. The third kappa shape index (κ3) is 4.50. The van der Waals surface area contributed by atoms with Gasteiger partial charge in [-0.15, -0.1) is 0 Å². The molecular formula is C14H18Fe-6. The molecule has 0 heterocycles. The molecule has 0 radical (unpaired) electrons. The summed E-state index contributed by atoms with van der Waals surface area (Å²) in [6.07, 6.45) is 0. The first-order chi connectivity index (χ1) is 6.61. The van der Waals surface area contributed by atoms with Crippen LogP contribution in [0.2, 0.25) is 0 Å². The first-order valence-corrected chi connectivity index (χ1v) is 4.99. The van der Waals surface area contributed by atoms with E-state index in [1.807, 2.05) is 12.1 Å². The topological polar surface area (TPSA) is 0 Å². The Balaban J connectivity index is 0.000000253. The first-order valence-electron chi connectivity index (χ1n) is 4.99. The summed E-state index contributed by atoms with van der Waals surface area (Å²) in [4.78, 5) is 0. The molecule has 2 rings (SSSR count). The van der Waals surface area contributed by atoms with Gasteiger partial charge < -0.3 is 28.8 Å². The molecule has 2 aromatic carbocycles. The first kappa shape index (κ1) is 14.2. The Morgan fingerprint density at radius 1 is 0.800 bits per heavy atom. The van der Waals surface area contributed by atoms with Gasteiger partial charge >= 0.3 is 0 Å². The van der Waals surface area contributed by atoms with E-state index in [4.69, 9.17) is 0 Å². The Bertz CT molecular complexity index is 346. The van der Waals surface area contributed by atoms with Gasteiger partial charge in [-0.1, -0.05) is 6.92 Å². The summed E-state index contributed by atoms with van der Waals surface area (Å²) in [5, 5.41) is 0. The number of hydrogen-bond donors (Lipinski definition) is 0. The minimum absolute atomic E-state index is 0. The molecule has 0 aliphatic carbocycles. The van der Waals surface area contributed by atoms with Gasteiger partial charge in [0.05, 0.1) is 0 Å². The Labute approximate surface area is 104 Å². The monoisotopic (exact) mass is 242 g/mol. The molecule has 0 amide bonds. The Kier molecular flexibility index (Phi) is 6.31. The van der Waals surface area contributed by atoms with Crippen LogP contribution in [0, 0.1) is 27.7 Å². The van der Waals surface area contributed by atoms with Crippen molar-refractivity contribution in [1.82, 2.24) is 0 Å². The van der Waals surface area contributed by atoms with Crippen molar-refractivity contribution in [2.45, 2.75) is 27.7 Å². The smallest absolute Gasteiger partial charge is 0 e. The maximum atomic E-state index is 2.16. The Hall–Kier alpha value is -0.781. The molecule has 0 bridgehead atoms. The molecule has 1 heteroatoms. The van der Waals surface area contributed by atoms with Crippen LogP contribution in [0.5, 0.6) is 0 Å². The standard InChI is InChI=1S/C8H11.C6H7.Fe/c1-6-4-5-7(2)8(6)3;1-6-4-2-3-5-6;/h4-5H,1-3H3;2-5H,1H3;/q-5;-1;. The van der Waals surface area contributed by atoms with Crippen molar-refractivity contribution in [3.8, 4) is 0 Å². The molecule has 2 aromatic rings. The molecule has 0 aromatic heterocycles. The van der Waals surface area contributed by atoms with Crippen LogP contribution in [-0.4, -0.2) is 0 Å². The van der Waals surface area contributed by atoms with E-state index in [0.29, 0.717) is 0 Å². The van der Waals surface area contributed by atoms with E-state index in [1.54, 1.807) is 0 Å². The molecule has 0 aliphatic heterocycles. The molecule has 0 aliphatic rings. The van der Waals surface area contributed by atoms with Crippen molar-refractivity contribution < 1.29 is 17.1 Å². The summed E-state index contributed by atoms with van der Waals surface area (Å²) in [6.45, 7) is 8.52. The predicted molar refractivity (Wildman–Crippen MR) is 63.0 cm³/mol. The van der Waals surface area contributed by atoms with Gasteiger partial charge in [0.25, 0.3) is 0 Å². The largest absolute Gasteiger partial charge is 0.745 e. The van der Waals surface area contributed by atoms with Gasteiger partial charge in [-0.3, -0.25) is 0 Å². The number of aryl methyl sites for hydroxylation is 3. The quantitative estimate of drug-likeness (QED) is 0.483. The van der Waals surface area contributed by atoms with E-state index in [9.17, 15) is 0 Å². The fraction of sp³-hybridized carbons (Fsp3) is 0.286. The summed E-state index contributed by atoms with van der Waals surface area (Å²) in [5.41, 5.74) is 5.59. The molecule has 0 nitrogen and oxygen atoms in total. The van der Waals surface area contributed by atoms with Crippen LogP contribution in [0.4, 0.5) is 0 Å². The second-order valence-corrected chi connectivity index (χ2v) is 3.79. The summed E-state index contributed by atoms with van der Waals surface area (Å²) < 4.78 is 0. The zero-order chi connectivity index (χ0) is 10.6. The van der Waals surface area contributed by atoms with Gasteiger partial charge in [0.2, 0.25) is 0 Å². The summed E-state index contributed by atoms with van der Waals surface area (Å²) >= 11 is 0. The molecule has 0 saturated carbocycles. The van der Waals surface area contributed by atoms with Crippen molar-refractivity contribution in [3.63, 3.8) is 0 Å². The van der Waals surface area contributed by atoms with Crippen molar-refractivity contribution in [2.24, 2.45) is 0 Å². The van der Waals surface area contributed by atoms with Crippen molar-refractivity contribution in [2.75, 3.05) is 0 Å². The SMILES string of the molecule is C[c-]1[cH-][cH-][c-](C)[c-]1C.C[c-]1cccc1.[Fe]. The minimum Gasteiger partial charge on any atom is -0.745 e. The average molecular weight is 242 g/mol. The fourth-order valence-electron chi connectivity index (χ4n) is 1.28. The van der Waals surface area contributed by atoms with Crippen LogP contribution < -0.4 is 0 Å². The molecule has 88 valence electrons. The Morgan fingerprint density at radius 3 is 1.33 bits per heavy atom. The number of hydrogen-bond acceptors (Lipinski definition) is 0. The average Bonchev–Trinajstić information content (AvgIpc) is 2.73. The molecule has 0 fully saturated rings. The van der Waals surface area contributed by atoms with Gasteiger partial charge in [0, 0.05) is 17.1 Å². The third-order valence-corrected chi connectivity index (χ3v) is 2.60. The molecule has 0 unspecified atom stereocenters. The van der Waals surface area contributed by atoms with Crippen molar-refractivity contribution in [1.29, 1.82) is 0 Å². The predicted octanol–water partition coefficient (Wildman–Crippen LogP) is 4.04. The van der Waals surface area contributed by atoms with E-state index in [2.05, 4.69) is 52.0 Å². The normalized spacial score (nSPS) is 8.80. The summed E-state index contributed by atoms with van der Waals surface area (Å²) in [7, 11) is 0. The van der Waals surface area contributed by atoms with E-state index >= 15 is 0 Å². The van der Waals surface area contributed by atoms with Crippen LogP contribution in [0.15, 0.2) is 36.4 Å². The fourth-order valence-corrected chi connectivity index (χ4v) is 1.28. The summed E-state index contributed by atoms with van der Waals surface area (Å²) in [5.74, 6) is 0. The molecule has 0 N–H and O–H groups in total. The van der Waals surface area contributed by atoms with Crippen LogP contribution >= 0.6 is 0 Å². The molecule has 0 atom stereocenters. The maximum absolute atomic E-state index is 2.16. The van der Waals surface area contributed by atoms with Crippen LogP contribution in [0.1, 0.15) is 22.3 Å². The van der Waals surface area contributed by atoms with Gasteiger partial charge in [-0.25, -0.2) is 32.9 Å².